The molecule has 0 radical (unpaired) electrons. The van der Waals surface area contributed by atoms with Gasteiger partial charge in [-0.1, -0.05) is 12.8 Å². The van der Waals surface area contributed by atoms with Crippen molar-refractivity contribution in [2.45, 2.75) is 32.2 Å². The molecule has 3 heterocycles. The van der Waals surface area contributed by atoms with E-state index in [0.717, 1.165) is 18.8 Å². The molecule has 0 atom stereocenters. The average Bonchev–Trinajstić information content (AvgIpc) is 2.86. The summed E-state index contributed by atoms with van der Waals surface area (Å²) in [7, 11) is 0. The summed E-state index contributed by atoms with van der Waals surface area (Å²) in [5, 5.41) is 2.93. The standard InChI is InChI=1S/C18H20FN5O.ClH/c19-14-7-5-13(6-8-14)17-21-18-20-15(11-16(25)24(18)22-17)12-23-9-3-1-2-4-10-23;/h5-8,11H,1-4,9-10,12H2,(H,20,21,22);1H. The van der Waals surface area contributed by atoms with Gasteiger partial charge in [0.15, 0.2) is 5.82 Å². The lowest BCUT2D eigenvalue weighted by Crippen LogP contribution is -2.26. The number of hydrogen-bond acceptors (Lipinski definition) is 4. The van der Waals surface area contributed by atoms with Crippen molar-refractivity contribution >= 4 is 18.2 Å². The zero-order valence-corrected chi connectivity index (χ0v) is 15.1. The van der Waals surface area contributed by atoms with Crippen molar-refractivity contribution in [1.29, 1.82) is 0 Å². The summed E-state index contributed by atoms with van der Waals surface area (Å²) < 4.78 is 14.4. The third-order valence-electron chi connectivity index (χ3n) is 4.59. The quantitative estimate of drug-likeness (QED) is 0.762. The van der Waals surface area contributed by atoms with Crippen molar-refractivity contribution in [3.63, 3.8) is 0 Å². The molecular formula is C18H21ClFN5O. The van der Waals surface area contributed by atoms with Crippen LogP contribution >= 0.6 is 12.4 Å². The zero-order chi connectivity index (χ0) is 17.2. The molecule has 0 spiro atoms. The Morgan fingerprint density at radius 1 is 1.04 bits per heavy atom. The van der Waals surface area contributed by atoms with Crippen LogP contribution in [0.4, 0.5) is 4.39 Å². The van der Waals surface area contributed by atoms with E-state index in [1.165, 1.54) is 42.3 Å². The Balaban J connectivity index is 0.00000196. The molecule has 1 saturated heterocycles. The van der Waals surface area contributed by atoms with Gasteiger partial charge in [0.1, 0.15) is 5.82 Å². The minimum atomic E-state index is -0.310. The summed E-state index contributed by atoms with van der Waals surface area (Å²) in [6, 6.07) is 7.53. The number of H-pyrrole nitrogens is 1. The average molecular weight is 378 g/mol. The number of aromatic amines is 1. The Kier molecular flexibility index (Phi) is 5.68. The molecule has 0 saturated carbocycles. The topological polar surface area (TPSA) is 66.3 Å². The van der Waals surface area contributed by atoms with E-state index in [1.54, 1.807) is 18.2 Å². The largest absolute Gasteiger partial charge is 0.298 e. The van der Waals surface area contributed by atoms with Gasteiger partial charge in [-0.3, -0.25) is 14.8 Å². The Hall–Kier alpha value is -2.25. The molecule has 8 heteroatoms. The molecule has 1 fully saturated rings. The highest BCUT2D eigenvalue weighted by Gasteiger charge is 2.13. The van der Waals surface area contributed by atoms with Gasteiger partial charge in [-0.15, -0.1) is 12.4 Å². The normalized spacial score (nSPS) is 15.6. The molecule has 1 aromatic carbocycles. The van der Waals surface area contributed by atoms with Crippen LogP contribution in [0.25, 0.3) is 17.2 Å². The summed E-state index contributed by atoms with van der Waals surface area (Å²) in [6.45, 7) is 2.76. The van der Waals surface area contributed by atoms with Gasteiger partial charge in [0.2, 0.25) is 0 Å². The van der Waals surface area contributed by atoms with Crippen LogP contribution < -0.4 is 5.56 Å². The third-order valence-corrected chi connectivity index (χ3v) is 4.59. The predicted octanol–water partition coefficient (Wildman–Crippen LogP) is 3.02. The van der Waals surface area contributed by atoms with E-state index in [9.17, 15) is 9.18 Å². The maximum absolute atomic E-state index is 13.1. The molecule has 1 aliphatic heterocycles. The van der Waals surface area contributed by atoms with Crippen molar-refractivity contribution < 1.29 is 4.39 Å². The van der Waals surface area contributed by atoms with Crippen molar-refractivity contribution in [3.05, 3.63) is 52.2 Å². The third kappa shape index (κ3) is 3.94. The first-order valence-corrected chi connectivity index (χ1v) is 8.66. The van der Waals surface area contributed by atoms with Gasteiger partial charge in [-0.25, -0.2) is 9.37 Å². The van der Waals surface area contributed by atoms with Crippen LogP contribution in [0.2, 0.25) is 0 Å². The van der Waals surface area contributed by atoms with Gasteiger partial charge in [-0.2, -0.15) is 9.50 Å². The molecule has 1 aliphatic rings. The monoisotopic (exact) mass is 377 g/mol. The number of nitrogens with one attached hydrogen (secondary N) is 1. The Morgan fingerprint density at radius 2 is 1.73 bits per heavy atom. The molecule has 6 nitrogen and oxygen atoms in total. The summed E-state index contributed by atoms with van der Waals surface area (Å²) >= 11 is 0. The SMILES string of the molecule is Cl.O=c1cc(CN2CCCCCC2)nc2nc(-c3ccc(F)cc3)[nH]n12. The smallest absolute Gasteiger partial charge is 0.274 e. The van der Waals surface area contributed by atoms with Crippen molar-refractivity contribution in [2.24, 2.45) is 0 Å². The minimum Gasteiger partial charge on any atom is -0.298 e. The number of rotatable bonds is 3. The summed E-state index contributed by atoms with van der Waals surface area (Å²) in [5.41, 5.74) is 1.26. The second-order valence-electron chi connectivity index (χ2n) is 6.49. The van der Waals surface area contributed by atoms with E-state index in [0.29, 0.717) is 23.7 Å². The van der Waals surface area contributed by atoms with Crippen LogP contribution in [-0.2, 0) is 6.54 Å². The lowest BCUT2D eigenvalue weighted by atomic mass is 10.2. The highest BCUT2D eigenvalue weighted by Crippen LogP contribution is 2.16. The van der Waals surface area contributed by atoms with Crippen molar-refractivity contribution in [3.8, 4) is 11.4 Å². The maximum atomic E-state index is 13.1. The van der Waals surface area contributed by atoms with Crippen LogP contribution in [0.5, 0.6) is 0 Å². The van der Waals surface area contributed by atoms with E-state index in [-0.39, 0.29) is 23.8 Å². The number of nitrogens with zero attached hydrogens (tertiary/aromatic N) is 4. The first-order valence-electron chi connectivity index (χ1n) is 8.66. The number of hydrogen-bond donors (Lipinski definition) is 1. The second kappa shape index (κ2) is 7.97. The Labute approximate surface area is 156 Å². The Bertz CT molecular complexity index is 929. The number of aromatic nitrogens is 4. The van der Waals surface area contributed by atoms with Crippen molar-refractivity contribution in [2.75, 3.05) is 13.1 Å². The zero-order valence-electron chi connectivity index (χ0n) is 14.3. The minimum absolute atomic E-state index is 0. The van der Waals surface area contributed by atoms with E-state index < -0.39 is 0 Å². The number of halogens is 2. The molecule has 0 amide bonds. The van der Waals surface area contributed by atoms with Gasteiger partial charge < -0.3 is 0 Å². The maximum Gasteiger partial charge on any atom is 0.274 e. The fourth-order valence-corrected chi connectivity index (χ4v) is 3.27. The van der Waals surface area contributed by atoms with Crippen molar-refractivity contribution in [1.82, 2.24) is 24.5 Å². The molecular weight excluding hydrogens is 357 g/mol. The summed E-state index contributed by atoms with van der Waals surface area (Å²) in [5.74, 6) is 0.531. The number of fused-ring (bicyclic) bond motifs is 1. The molecule has 0 bridgehead atoms. The van der Waals surface area contributed by atoms with Gasteiger partial charge >= 0.3 is 0 Å². The number of benzene rings is 1. The fraction of sp³-hybridized carbons (Fsp3) is 0.389. The molecule has 26 heavy (non-hydrogen) atoms. The van der Waals surface area contributed by atoms with E-state index in [4.69, 9.17) is 0 Å². The van der Waals surface area contributed by atoms with E-state index in [2.05, 4.69) is 20.0 Å². The van der Waals surface area contributed by atoms with Gasteiger partial charge in [0.05, 0.1) is 5.69 Å². The molecule has 4 rings (SSSR count). The van der Waals surface area contributed by atoms with Gasteiger partial charge in [0.25, 0.3) is 11.3 Å². The van der Waals surface area contributed by atoms with Crippen LogP contribution in [-0.4, -0.2) is 37.6 Å². The fourth-order valence-electron chi connectivity index (χ4n) is 3.27. The first-order chi connectivity index (χ1) is 12.2. The van der Waals surface area contributed by atoms with Gasteiger partial charge in [-0.05, 0) is 50.2 Å². The molecule has 138 valence electrons. The van der Waals surface area contributed by atoms with E-state index in [1.807, 2.05) is 0 Å². The molecule has 3 aromatic rings. The van der Waals surface area contributed by atoms with Crippen LogP contribution in [0.3, 0.4) is 0 Å². The van der Waals surface area contributed by atoms with Crippen LogP contribution in [0.15, 0.2) is 35.1 Å². The number of likely N-dealkylation sites (tertiary alicyclic amines) is 1. The predicted molar refractivity (Wildman–Crippen MR) is 100.0 cm³/mol. The molecule has 0 unspecified atom stereocenters. The lowest BCUT2D eigenvalue weighted by Gasteiger charge is -2.18. The van der Waals surface area contributed by atoms with Crippen LogP contribution in [0, 0.1) is 5.82 Å². The molecule has 1 N–H and O–H groups in total. The molecule has 2 aromatic heterocycles. The van der Waals surface area contributed by atoms with Crippen LogP contribution in [0.1, 0.15) is 31.4 Å². The Morgan fingerprint density at radius 3 is 2.42 bits per heavy atom. The first kappa shape index (κ1) is 18.5. The highest BCUT2D eigenvalue weighted by atomic mass is 35.5. The summed E-state index contributed by atoms with van der Waals surface area (Å²) in [6.07, 6.45) is 4.93. The molecule has 0 aliphatic carbocycles. The lowest BCUT2D eigenvalue weighted by molar-refractivity contribution is 0.273. The summed E-state index contributed by atoms with van der Waals surface area (Å²) in [4.78, 5) is 23.7. The highest BCUT2D eigenvalue weighted by molar-refractivity contribution is 5.85. The second-order valence-corrected chi connectivity index (χ2v) is 6.49. The van der Waals surface area contributed by atoms with Gasteiger partial charge in [0, 0.05) is 18.2 Å². The van der Waals surface area contributed by atoms with E-state index >= 15 is 0 Å².